The molecule has 2 N–H and O–H groups in total. The summed E-state index contributed by atoms with van der Waals surface area (Å²) in [5, 5.41) is 13.7. The van der Waals surface area contributed by atoms with Gasteiger partial charge in [-0.2, -0.15) is 0 Å². The van der Waals surface area contributed by atoms with Crippen LogP contribution in [0.1, 0.15) is 33.1 Å². The highest BCUT2D eigenvalue weighted by atomic mass is 16.3. The summed E-state index contributed by atoms with van der Waals surface area (Å²) >= 11 is 0. The summed E-state index contributed by atoms with van der Waals surface area (Å²) < 4.78 is 0. The van der Waals surface area contributed by atoms with Crippen molar-refractivity contribution >= 4 is 5.91 Å². The lowest BCUT2D eigenvalue weighted by molar-refractivity contribution is -0.155. The van der Waals surface area contributed by atoms with Crippen LogP contribution in [0.15, 0.2) is 0 Å². The SMILES string of the molecule is CC1(C)[C@H]2CC[C@@]1(C(=O)N1CCNCC1)[C@@H](O)C2. The van der Waals surface area contributed by atoms with E-state index in [0.29, 0.717) is 5.92 Å². The fraction of sp³-hybridized carbons (Fsp3) is 0.929. The predicted molar refractivity (Wildman–Crippen MR) is 69.0 cm³/mol. The third kappa shape index (κ3) is 1.36. The largest absolute Gasteiger partial charge is 0.392 e. The maximum atomic E-state index is 12.9. The zero-order valence-corrected chi connectivity index (χ0v) is 11.4. The molecule has 3 aliphatic rings. The van der Waals surface area contributed by atoms with Crippen LogP contribution in [0, 0.1) is 16.7 Å². The zero-order chi connectivity index (χ0) is 13.0. The standard InChI is InChI=1S/C14H24N2O2/c1-13(2)10-3-4-14(13,11(17)9-10)12(18)16-7-5-15-6-8-16/h10-11,15,17H,3-9H2,1-2H3/t10-,11-,14-/m0/s1. The van der Waals surface area contributed by atoms with Gasteiger partial charge in [-0.15, -0.1) is 0 Å². The van der Waals surface area contributed by atoms with Gasteiger partial charge in [0, 0.05) is 26.2 Å². The molecule has 4 nitrogen and oxygen atoms in total. The Hall–Kier alpha value is -0.610. The first-order valence-electron chi connectivity index (χ1n) is 7.18. The van der Waals surface area contributed by atoms with Gasteiger partial charge in [0.15, 0.2) is 0 Å². The molecule has 4 heteroatoms. The van der Waals surface area contributed by atoms with Crippen LogP contribution in [0.4, 0.5) is 0 Å². The molecule has 2 aliphatic carbocycles. The maximum absolute atomic E-state index is 12.9. The Labute approximate surface area is 109 Å². The van der Waals surface area contributed by atoms with Crippen LogP contribution in [0.5, 0.6) is 0 Å². The van der Waals surface area contributed by atoms with Gasteiger partial charge in [0.25, 0.3) is 0 Å². The van der Waals surface area contributed by atoms with Crippen LogP contribution in [0.2, 0.25) is 0 Å². The Bertz CT molecular complexity index is 363. The number of nitrogens with zero attached hydrogens (tertiary/aromatic N) is 1. The van der Waals surface area contributed by atoms with Crippen LogP contribution in [-0.4, -0.2) is 48.2 Å². The molecule has 0 aromatic rings. The average molecular weight is 252 g/mol. The maximum Gasteiger partial charge on any atom is 0.232 e. The number of hydrogen-bond acceptors (Lipinski definition) is 3. The highest BCUT2D eigenvalue weighted by Gasteiger charge is 2.68. The van der Waals surface area contributed by atoms with Crippen LogP contribution < -0.4 is 5.32 Å². The smallest absolute Gasteiger partial charge is 0.232 e. The van der Waals surface area contributed by atoms with Crippen molar-refractivity contribution in [1.82, 2.24) is 10.2 Å². The number of piperazine rings is 1. The Morgan fingerprint density at radius 3 is 2.50 bits per heavy atom. The van der Waals surface area contributed by atoms with Crippen molar-refractivity contribution in [2.24, 2.45) is 16.7 Å². The Morgan fingerprint density at radius 2 is 2.00 bits per heavy atom. The second kappa shape index (κ2) is 3.94. The summed E-state index contributed by atoms with van der Waals surface area (Å²) in [6.45, 7) is 7.69. The van der Waals surface area contributed by atoms with Crippen molar-refractivity contribution in [1.29, 1.82) is 0 Å². The number of amides is 1. The molecule has 2 bridgehead atoms. The quantitative estimate of drug-likeness (QED) is 0.719. The van der Waals surface area contributed by atoms with E-state index >= 15 is 0 Å². The number of nitrogens with one attached hydrogen (secondary N) is 1. The van der Waals surface area contributed by atoms with Crippen molar-refractivity contribution < 1.29 is 9.90 Å². The van der Waals surface area contributed by atoms with Gasteiger partial charge in [-0.25, -0.2) is 0 Å². The predicted octanol–water partition coefficient (Wildman–Crippen LogP) is 0.605. The minimum atomic E-state index is -0.505. The Kier molecular flexibility index (Phi) is 2.72. The first-order chi connectivity index (χ1) is 8.50. The number of fused-ring (bicyclic) bond motifs is 2. The van der Waals surface area contributed by atoms with Crippen LogP contribution in [0.25, 0.3) is 0 Å². The molecular formula is C14H24N2O2. The molecule has 3 atom stereocenters. The van der Waals surface area contributed by atoms with Gasteiger partial charge >= 0.3 is 0 Å². The van der Waals surface area contributed by atoms with Crippen LogP contribution in [-0.2, 0) is 4.79 Å². The zero-order valence-electron chi connectivity index (χ0n) is 11.4. The normalized spacial score (nSPS) is 42.3. The molecule has 102 valence electrons. The van der Waals surface area contributed by atoms with Gasteiger partial charge in [-0.3, -0.25) is 4.79 Å². The fourth-order valence-corrected chi connectivity index (χ4v) is 4.60. The molecule has 0 unspecified atom stereocenters. The lowest BCUT2D eigenvalue weighted by Crippen LogP contribution is -2.57. The third-order valence-electron chi connectivity index (χ3n) is 5.92. The number of aliphatic hydroxyl groups is 1. The van der Waals surface area contributed by atoms with Crippen LogP contribution >= 0.6 is 0 Å². The number of rotatable bonds is 1. The van der Waals surface area contributed by atoms with Crippen LogP contribution in [0.3, 0.4) is 0 Å². The van der Waals surface area contributed by atoms with Crippen molar-refractivity contribution in [2.75, 3.05) is 26.2 Å². The van der Waals surface area contributed by atoms with Crippen molar-refractivity contribution in [3.8, 4) is 0 Å². The summed E-state index contributed by atoms with van der Waals surface area (Å²) in [6, 6.07) is 0. The summed E-state index contributed by atoms with van der Waals surface area (Å²) in [5.41, 5.74) is -0.552. The number of hydrogen-bond donors (Lipinski definition) is 2. The highest BCUT2D eigenvalue weighted by molar-refractivity contribution is 5.85. The van der Waals surface area contributed by atoms with Crippen molar-refractivity contribution in [3.05, 3.63) is 0 Å². The molecule has 0 aromatic carbocycles. The third-order valence-corrected chi connectivity index (χ3v) is 5.92. The molecule has 1 amide bonds. The lowest BCUT2D eigenvalue weighted by atomic mass is 9.67. The van der Waals surface area contributed by atoms with Gasteiger partial charge < -0.3 is 15.3 Å². The van der Waals surface area contributed by atoms with E-state index in [0.717, 1.165) is 45.4 Å². The number of carbonyl (C=O) groups excluding carboxylic acids is 1. The second-order valence-corrected chi connectivity index (χ2v) is 6.72. The summed E-state index contributed by atoms with van der Waals surface area (Å²) in [4.78, 5) is 14.9. The molecule has 1 saturated heterocycles. The minimum absolute atomic E-state index is 0.0472. The summed E-state index contributed by atoms with van der Waals surface area (Å²) in [6.07, 6.45) is 2.34. The van der Waals surface area contributed by atoms with Gasteiger partial charge in [-0.05, 0) is 30.6 Å². The van der Waals surface area contributed by atoms with Crippen molar-refractivity contribution in [3.63, 3.8) is 0 Å². The monoisotopic (exact) mass is 252 g/mol. The number of carbonyl (C=O) groups is 1. The van der Waals surface area contributed by atoms with E-state index in [2.05, 4.69) is 19.2 Å². The lowest BCUT2D eigenvalue weighted by Gasteiger charge is -2.43. The fourth-order valence-electron chi connectivity index (χ4n) is 4.60. The van der Waals surface area contributed by atoms with Crippen molar-refractivity contribution in [2.45, 2.75) is 39.2 Å². The molecule has 3 fully saturated rings. The molecule has 18 heavy (non-hydrogen) atoms. The van der Waals surface area contributed by atoms with Gasteiger partial charge in [0.1, 0.15) is 0 Å². The molecule has 3 rings (SSSR count). The first kappa shape index (κ1) is 12.4. The summed E-state index contributed by atoms with van der Waals surface area (Å²) in [5.74, 6) is 0.723. The van der Waals surface area contributed by atoms with E-state index in [1.807, 2.05) is 4.90 Å². The topological polar surface area (TPSA) is 52.6 Å². The van der Waals surface area contributed by atoms with E-state index in [-0.39, 0.29) is 11.3 Å². The van der Waals surface area contributed by atoms with E-state index in [4.69, 9.17) is 0 Å². The van der Waals surface area contributed by atoms with E-state index in [1.165, 1.54) is 0 Å². The minimum Gasteiger partial charge on any atom is -0.392 e. The molecule has 0 spiro atoms. The van der Waals surface area contributed by atoms with E-state index in [9.17, 15) is 9.90 Å². The molecule has 1 heterocycles. The average Bonchev–Trinajstić information content (AvgIpc) is 2.73. The highest BCUT2D eigenvalue weighted by Crippen LogP contribution is 2.66. The molecule has 0 radical (unpaired) electrons. The molecule has 1 aliphatic heterocycles. The molecule has 2 saturated carbocycles. The Balaban J connectivity index is 1.91. The van der Waals surface area contributed by atoms with Gasteiger partial charge in [0.2, 0.25) is 5.91 Å². The number of aliphatic hydroxyl groups excluding tert-OH is 1. The molecule has 0 aromatic heterocycles. The van der Waals surface area contributed by atoms with Gasteiger partial charge in [0.05, 0.1) is 11.5 Å². The Morgan fingerprint density at radius 1 is 1.33 bits per heavy atom. The first-order valence-corrected chi connectivity index (χ1v) is 7.18. The summed E-state index contributed by atoms with van der Waals surface area (Å²) in [7, 11) is 0. The molecular weight excluding hydrogens is 228 g/mol. The van der Waals surface area contributed by atoms with Gasteiger partial charge in [-0.1, -0.05) is 13.8 Å². The van der Waals surface area contributed by atoms with E-state index < -0.39 is 11.5 Å². The van der Waals surface area contributed by atoms with E-state index in [1.54, 1.807) is 0 Å². The second-order valence-electron chi connectivity index (χ2n) is 6.72.